The lowest BCUT2D eigenvalue weighted by molar-refractivity contribution is -0.184. The molecule has 0 spiro atoms. The number of rotatable bonds is 3. The zero-order valence-electron chi connectivity index (χ0n) is 15.2. The van der Waals surface area contributed by atoms with E-state index in [4.69, 9.17) is 4.74 Å². The van der Waals surface area contributed by atoms with Crippen molar-refractivity contribution < 1.29 is 27.1 Å². The summed E-state index contributed by atoms with van der Waals surface area (Å²) in [4.78, 5) is 13.0. The second-order valence-corrected chi connectivity index (χ2v) is 8.29. The molecule has 2 rings (SSSR count). The van der Waals surface area contributed by atoms with Crippen LogP contribution in [0.4, 0.5) is 17.6 Å². The number of carbonyl (C=O) groups excluding carboxylic acids is 1. The molecule has 1 atom stereocenters. The van der Waals surface area contributed by atoms with Crippen LogP contribution in [0.15, 0.2) is 23.4 Å². The molecule has 1 aliphatic heterocycles. The monoisotopic (exact) mass is 363 g/mol. The zero-order chi connectivity index (χ0) is 19.2. The molecule has 1 heterocycles. The second-order valence-electron chi connectivity index (χ2n) is 8.29. The summed E-state index contributed by atoms with van der Waals surface area (Å²) >= 11 is 0. The molecule has 0 aromatic rings. The van der Waals surface area contributed by atoms with Gasteiger partial charge in [0.1, 0.15) is 24.4 Å². The number of likely N-dealkylation sites (N-methyl/N-ethyl adjacent to an activating group) is 1. The smallest absolute Gasteiger partial charge is 0.350 e. The van der Waals surface area contributed by atoms with Crippen molar-refractivity contribution in [2.24, 2.45) is 10.8 Å². The van der Waals surface area contributed by atoms with Crippen molar-refractivity contribution >= 4 is 5.78 Å². The van der Waals surface area contributed by atoms with Gasteiger partial charge in [-0.25, -0.2) is 4.39 Å². The van der Waals surface area contributed by atoms with Crippen LogP contribution in [-0.4, -0.2) is 42.9 Å². The van der Waals surface area contributed by atoms with Gasteiger partial charge in [-0.2, -0.15) is 13.2 Å². The molecular formula is C18H25F4NO2. The minimum Gasteiger partial charge on any atom is -0.350 e. The quantitative estimate of drug-likeness (QED) is 0.696. The predicted molar refractivity (Wildman–Crippen MR) is 86.4 cm³/mol. The largest absolute Gasteiger partial charge is 0.431 e. The lowest BCUT2D eigenvalue weighted by Gasteiger charge is -2.50. The zero-order valence-corrected chi connectivity index (χ0v) is 15.2. The summed E-state index contributed by atoms with van der Waals surface area (Å²) in [5.74, 6) is 0.114. The van der Waals surface area contributed by atoms with Crippen molar-refractivity contribution in [1.29, 1.82) is 0 Å². The highest BCUT2D eigenvalue weighted by Gasteiger charge is 2.50. The maximum absolute atomic E-state index is 13.2. The molecule has 1 unspecified atom stereocenters. The highest BCUT2D eigenvalue weighted by molar-refractivity contribution is 5.81. The van der Waals surface area contributed by atoms with Gasteiger partial charge in [-0.3, -0.25) is 4.79 Å². The van der Waals surface area contributed by atoms with E-state index in [9.17, 15) is 22.4 Å². The summed E-state index contributed by atoms with van der Waals surface area (Å²) in [5.41, 5.74) is -2.04. The van der Waals surface area contributed by atoms with Crippen molar-refractivity contribution in [1.82, 2.24) is 4.90 Å². The van der Waals surface area contributed by atoms with Crippen molar-refractivity contribution in [3.8, 4) is 0 Å². The van der Waals surface area contributed by atoms with E-state index in [1.54, 1.807) is 0 Å². The van der Waals surface area contributed by atoms with Crippen LogP contribution in [0.1, 0.15) is 40.5 Å². The van der Waals surface area contributed by atoms with E-state index in [0.29, 0.717) is 12.8 Å². The van der Waals surface area contributed by atoms with E-state index >= 15 is 0 Å². The van der Waals surface area contributed by atoms with Gasteiger partial charge in [0, 0.05) is 19.9 Å². The van der Waals surface area contributed by atoms with Crippen LogP contribution in [-0.2, 0) is 9.53 Å². The van der Waals surface area contributed by atoms with Gasteiger partial charge in [0.25, 0.3) is 0 Å². The molecule has 3 nitrogen and oxygen atoms in total. The normalized spacial score (nSPS) is 27.2. The fourth-order valence-corrected chi connectivity index (χ4v) is 4.08. The van der Waals surface area contributed by atoms with Gasteiger partial charge >= 0.3 is 6.18 Å². The number of hydrogen-bond donors (Lipinski definition) is 0. The third kappa shape index (κ3) is 4.07. The van der Waals surface area contributed by atoms with Crippen LogP contribution >= 0.6 is 0 Å². The maximum atomic E-state index is 13.2. The summed E-state index contributed by atoms with van der Waals surface area (Å²) in [6, 6.07) is 0. The first kappa shape index (κ1) is 19.9. The van der Waals surface area contributed by atoms with Crippen LogP contribution in [0.5, 0.6) is 0 Å². The number of ether oxygens (including phenoxy) is 1. The molecule has 0 aromatic carbocycles. The fourth-order valence-electron chi connectivity index (χ4n) is 4.08. The minimum absolute atomic E-state index is 0.0575. The summed E-state index contributed by atoms with van der Waals surface area (Å²) in [6.07, 6.45) is -3.30. The molecule has 0 amide bonds. The van der Waals surface area contributed by atoms with Gasteiger partial charge in [0.2, 0.25) is 0 Å². The van der Waals surface area contributed by atoms with E-state index in [1.165, 1.54) is 13.1 Å². The Hall–Kier alpha value is -1.37. The van der Waals surface area contributed by atoms with Crippen molar-refractivity contribution in [3.63, 3.8) is 0 Å². The van der Waals surface area contributed by atoms with Gasteiger partial charge < -0.3 is 9.64 Å². The topological polar surface area (TPSA) is 29.5 Å². The molecule has 7 heteroatoms. The van der Waals surface area contributed by atoms with Crippen molar-refractivity contribution in [2.45, 2.75) is 59.0 Å². The minimum atomic E-state index is -4.60. The molecule has 0 radical (unpaired) electrons. The Balaban J connectivity index is 2.33. The average molecular weight is 363 g/mol. The number of hydrogen-bond acceptors (Lipinski definition) is 3. The van der Waals surface area contributed by atoms with E-state index in [-0.39, 0.29) is 11.4 Å². The number of allylic oxidation sites excluding steroid dienone is 3. The fraction of sp³-hybridized carbons (Fsp3) is 0.722. The van der Waals surface area contributed by atoms with Crippen molar-refractivity contribution in [2.75, 3.05) is 13.7 Å². The number of alkyl halides is 4. The molecule has 0 aromatic heterocycles. The van der Waals surface area contributed by atoms with E-state index in [1.807, 2.05) is 27.7 Å². The third-order valence-corrected chi connectivity index (χ3v) is 4.89. The number of halogens is 4. The average Bonchev–Trinajstić information content (AvgIpc) is 2.41. The predicted octanol–water partition coefficient (Wildman–Crippen LogP) is 4.40. The molecule has 1 fully saturated rings. The summed E-state index contributed by atoms with van der Waals surface area (Å²) in [7, 11) is 1.28. The molecule has 25 heavy (non-hydrogen) atoms. The van der Waals surface area contributed by atoms with Gasteiger partial charge in [0.05, 0.1) is 6.10 Å². The van der Waals surface area contributed by atoms with Crippen molar-refractivity contribution in [3.05, 3.63) is 23.4 Å². The molecule has 0 saturated heterocycles. The van der Waals surface area contributed by atoms with Gasteiger partial charge in [-0.05, 0) is 28.6 Å². The highest BCUT2D eigenvalue weighted by atomic mass is 19.4. The molecule has 142 valence electrons. The molecular weight excluding hydrogens is 338 g/mol. The number of ketones is 1. The lowest BCUT2D eigenvalue weighted by atomic mass is 9.62. The van der Waals surface area contributed by atoms with Gasteiger partial charge in [-0.15, -0.1) is 0 Å². The molecule has 0 N–H and O–H groups in total. The summed E-state index contributed by atoms with van der Waals surface area (Å²) in [5, 5.41) is 0. The van der Waals surface area contributed by atoms with Gasteiger partial charge in [-0.1, -0.05) is 27.7 Å². The lowest BCUT2D eigenvalue weighted by Crippen LogP contribution is -2.53. The van der Waals surface area contributed by atoms with E-state index < -0.39 is 41.7 Å². The highest BCUT2D eigenvalue weighted by Crippen LogP contribution is 2.47. The first-order valence-corrected chi connectivity index (χ1v) is 8.23. The van der Waals surface area contributed by atoms with Crippen LogP contribution < -0.4 is 0 Å². The standard InChI is InChI=1S/C18H25F4NO2/c1-16(2)8-12(24)9-17(3,4)15(16)25-14-7-11(10-19)6-13(23(14)5)18(20,21)22/h6-7,14-15H,8-10H2,1-5H3. The number of Topliss-reactive ketones (excluding diaryl/α,β-unsaturated/α-hetero) is 1. The first-order valence-electron chi connectivity index (χ1n) is 8.23. The number of nitrogens with zero attached hydrogens (tertiary/aromatic N) is 1. The summed E-state index contributed by atoms with van der Waals surface area (Å²) in [6.45, 7) is 6.50. The Bertz CT molecular complexity index is 585. The van der Waals surface area contributed by atoms with Gasteiger partial charge in [0.15, 0.2) is 0 Å². The Morgan fingerprint density at radius 1 is 1.20 bits per heavy atom. The molecule has 0 bridgehead atoms. The molecule has 1 saturated carbocycles. The molecule has 2 aliphatic rings. The maximum Gasteiger partial charge on any atom is 0.431 e. The van der Waals surface area contributed by atoms with E-state index in [2.05, 4.69) is 0 Å². The third-order valence-electron chi connectivity index (χ3n) is 4.89. The number of carbonyl (C=O) groups is 1. The Labute approximate surface area is 145 Å². The van der Waals surface area contributed by atoms with Crippen LogP contribution in [0, 0.1) is 10.8 Å². The second kappa shape index (κ2) is 6.41. The Morgan fingerprint density at radius 2 is 1.72 bits per heavy atom. The SMILES string of the molecule is CN1C(C(F)(F)F)=CC(CF)=CC1OC1C(C)(C)CC(=O)CC1(C)C. The first-order chi connectivity index (χ1) is 11.3. The van der Waals surface area contributed by atoms with Crippen LogP contribution in [0.3, 0.4) is 0 Å². The Kier molecular flexibility index (Phi) is 5.12. The van der Waals surface area contributed by atoms with E-state index in [0.717, 1.165) is 11.0 Å². The molecule has 1 aliphatic carbocycles. The Morgan fingerprint density at radius 3 is 2.16 bits per heavy atom. The van der Waals surface area contributed by atoms with Crippen LogP contribution in [0.25, 0.3) is 0 Å². The van der Waals surface area contributed by atoms with Crippen LogP contribution in [0.2, 0.25) is 0 Å². The summed E-state index contributed by atoms with van der Waals surface area (Å²) < 4.78 is 58.9.